The summed E-state index contributed by atoms with van der Waals surface area (Å²) in [4.78, 5) is 0. The Kier molecular flexibility index (Phi) is 3.21. The van der Waals surface area contributed by atoms with Gasteiger partial charge in [-0.05, 0) is 6.07 Å². The van der Waals surface area contributed by atoms with Crippen LogP contribution >= 0.6 is 0 Å². The molecule has 0 fully saturated rings. The molecule has 0 aliphatic carbocycles. The minimum Gasteiger partial charge on any atom is -0.353 e. The molecule has 0 saturated carbocycles. The summed E-state index contributed by atoms with van der Waals surface area (Å²) in [5, 5.41) is 0. The standard InChI is InChI=1S/C9H6F3O3S/c1-2-7-5-3-4-6-8(7)15-16(13,14)9(10,11)12/h1-6H/q+1. The molecule has 16 heavy (non-hydrogen) atoms. The van der Waals surface area contributed by atoms with Crippen LogP contribution in [0, 0.1) is 6.58 Å². The highest BCUT2D eigenvalue weighted by Crippen LogP contribution is 2.28. The molecule has 0 amide bonds. The van der Waals surface area contributed by atoms with E-state index in [1.54, 1.807) is 0 Å². The van der Waals surface area contributed by atoms with Crippen LogP contribution in [0.2, 0.25) is 0 Å². The van der Waals surface area contributed by atoms with Crippen molar-refractivity contribution in [2.24, 2.45) is 0 Å². The molecule has 0 radical (unpaired) electrons. The fourth-order valence-electron chi connectivity index (χ4n) is 0.860. The first-order valence-electron chi connectivity index (χ1n) is 3.92. The summed E-state index contributed by atoms with van der Waals surface area (Å²) in [6.45, 7) is 5.10. The lowest BCUT2D eigenvalue weighted by atomic mass is 10.2. The summed E-state index contributed by atoms with van der Waals surface area (Å²) in [6, 6.07) is 5.20. The Bertz CT molecular complexity index is 491. The van der Waals surface area contributed by atoms with E-state index in [9.17, 15) is 21.6 Å². The second-order valence-corrected chi connectivity index (χ2v) is 4.23. The number of para-hydroxylation sites is 1. The van der Waals surface area contributed by atoms with E-state index in [4.69, 9.17) is 6.58 Å². The number of halogens is 3. The van der Waals surface area contributed by atoms with Crippen molar-refractivity contribution in [3.8, 4) is 5.75 Å². The van der Waals surface area contributed by atoms with Crippen molar-refractivity contribution >= 4 is 16.2 Å². The van der Waals surface area contributed by atoms with Gasteiger partial charge in [-0.15, -0.1) is 0 Å². The summed E-state index contributed by atoms with van der Waals surface area (Å²) in [5.74, 6) is -0.470. The van der Waals surface area contributed by atoms with E-state index >= 15 is 0 Å². The molecule has 0 atom stereocenters. The van der Waals surface area contributed by atoms with E-state index in [-0.39, 0.29) is 5.56 Å². The van der Waals surface area contributed by atoms with Gasteiger partial charge in [-0.2, -0.15) is 21.6 Å². The number of hydrogen-bond acceptors (Lipinski definition) is 3. The van der Waals surface area contributed by atoms with Crippen molar-refractivity contribution in [1.82, 2.24) is 0 Å². The first kappa shape index (κ1) is 12.5. The van der Waals surface area contributed by atoms with Crippen molar-refractivity contribution in [3.63, 3.8) is 0 Å². The van der Waals surface area contributed by atoms with E-state index < -0.39 is 21.4 Å². The molecular formula is C9H6F3O3S+. The maximum Gasteiger partial charge on any atom is 0.534 e. The van der Waals surface area contributed by atoms with Crippen LogP contribution in [0.3, 0.4) is 0 Å². The Hall–Kier alpha value is -1.59. The molecule has 1 rings (SSSR count). The van der Waals surface area contributed by atoms with Gasteiger partial charge in [-0.25, -0.2) is 0 Å². The molecule has 3 nitrogen and oxygen atoms in total. The molecule has 86 valence electrons. The predicted molar refractivity (Wildman–Crippen MR) is 50.8 cm³/mol. The highest BCUT2D eigenvalue weighted by atomic mass is 32.2. The molecule has 0 saturated heterocycles. The molecular weight excluding hydrogens is 245 g/mol. The number of hydrogen-bond donors (Lipinski definition) is 0. The lowest BCUT2D eigenvalue weighted by Gasteiger charge is -2.07. The van der Waals surface area contributed by atoms with Crippen LogP contribution in [-0.2, 0) is 10.1 Å². The largest absolute Gasteiger partial charge is 0.534 e. The van der Waals surface area contributed by atoms with Crippen LogP contribution in [0.1, 0.15) is 5.56 Å². The van der Waals surface area contributed by atoms with Crippen molar-refractivity contribution < 1.29 is 25.8 Å². The predicted octanol–water partition coefficient (Wildman–Crippen LogP) is 2.36. The van der Waals surface area contributed by atoms with E-state index in [1.807, 2.05) is 0 Å². The molecule has 0 spiro atoms. The topological polar surface area (TPSA) is 43.4 Å². The van der Waals surface area contributed by atoms with Crippen molar-refractivity contribution in [2.75, 3.05) is 0 Å². The molecule has 0 bridgehead atoms. The molecule has 0 aliphatic heterocycles. The monoisotopic (exact) mass is 251 g/mol. The first-order valence-corrected chi connectivity index (χ1v) is 5.33. The second kappa shape index (κ2) is 4.11. The molecule has 1 aromatic rings. The van der Waals surface area contributed by atoms with E-state index in [1.165, 1.54) is 18.2 Å². The minimum atomic E-state index is -5.66. The molecule has 0 aliphatic rings. The SMILES string of the molecule is [CH+]=Cc1ccccc1OS(=O)(=O)C(F)(F)F. The van der Waals surface area contributed by atoms with Gasteiger partial charge < -0.3 is 4.18 Å². The molecule has 1 aromatic carbocycles. The lowest BCUT2D eigenvalue weighted by molar-refractivity contribution is -0.0500. The summed E-state index contributed by atoms with van der Waals surface area (Å²) in [5.41, 5.74) is -5.41. The van der Waals surface area contributed by atoms with Crippen LogP contribution in [-0.4, -0.2) is 13.9 Å². The second-order valence-electron chi connectivity index (χ2n) is 2.69. The maximum atomic E-state index is 12.0. The quantitative estimate of drug-likeness (QED) is 0.470. The third-order valence-corrected chi connectivity index (χ3v) is 2.55. The third-order valence-electron chi connectivity index (χ3n) is 1.58. The van der Waals surface area contributed by atoms with Gasteiger partial charge in [0.1, 0.15) is 0 Å². The van der Waals surface area contributed by atoms with Gasteiger partial charge in [0.2, 0.25) is 5.75 Å². The average molecular weight is 251 g/mol. The van der Waals surface area contributed by atoms with Gasteiger partial charge in [-0.3, -0.25) is 0 Å². The van der Waals surface area contributed by atoms with Crippen molar-refractivity contribution in [2.45, 2.75) is 5.51 Å². The number of rotatable bonds is 3. The van der Waals surface area contributed by atoms with Gasteiger partial charge in [0, 0.05) is 18.7 Å². The Morgan fingerprint density at radius 2 is 1.81 bits per heavy atom. The summed E-state index contributed by atoms with van der Waals surface area (Å²) in [7, 11) is -5.66. The van der Waals surface area contributed by atoms with Gasteiger partial charge in [0.15, 0.2) is 11.6 Å². The fourth-order valence-corrected chi connectivity index (χ4v) is 1.34. The zero-order chi connectivity index (χ0) is 12.4. The van der Waals surface area contributed by atoms with Gasteiger partial charge in [-0.1, -0.05) is 6.07 Å². The normalized spacial score (nSPS) is 12.1. The van der Waals surface area contributed by atoms with E-state index in [2.05, 4.69) is 4.18 Å². The highest BCUT2D eigenvalue weighted by Gasteiger charge is 2.49. The smallest absolute Gasteiger partial charge is 0.353 e. The van der Waals surface area contributed by atoms with Crippen molar-refractivity contribution in [1.29, 1.82) is 0 Å². The first-order chi connectivity index (χ1) is 7.28. The van der Waals surface area contributed by atoms with Crippen LogP contribution < -0.4 is 4.18 Å². The maximum absolute atomic E-state index is 12.0. The Morgan fingerprint density at radius 1 is 1.25 bits per heavy atom. The third kappa shape index (κ3) is 2.50. The zero-order valence-corrected chi connectivity index (χ0v) is 8.55. The zero-order valence-electron chi connectivity index (χ0n) is 7.73. The number of alkyl halides is 3. The number of benzene rings is 1. The summed E-state index contributed by atoms with van der Waals surface area (Å²) < 4.78 is 61.3. The minimum absolute atomic E-state index is 0.0512. The van der Waals surface area contributed by atoms with E-state index in [0.717, 1.165) is 12.1 Å². The van der Waals surface area contributed by atoms with E-state index in [0.29, 0.717) is 0 Å². The molecule has 0 aromatic heterocycles. The summed E-state index contributed by atoms with van der Waals surface area (Å²) >= 11 is 0. The van der Waals surface area contributed by atoms with Gasteiger partial charge in [0.05, 0.1) is 0 Å². The fraction of sp³-hybridized carbons (Fsp3) is 0.111. The Labute approximate surface area is 90.3 Å². The average Bonchev–Trinajstić information content (AvgIpc) is 2.16. The molecule has 7 heteroatoms. The van der Waals surface area contributed by atoms with Crippen LogP contribution in [0.25, 0.3) is 6.08 Å². The van der Waals surface area contributed by atoms with Gasteiger partial charge in [0.25, 0.3) is 0 Å². The summed E-state index contributed by atoms with van der Waals surface area (Å²) in [6.07, 6.45) is 0.946. The lowest BCUT2D eigenvalue weighted by Crippen LogP contribution is -2.28. The Balaban J connectivity index is 3.11. The van der Waals surface area contributed by atoms with Crippen LogP contribution in [0.15, 0.2) is 24.3 Å². The van der Waals surface area contributed by atoms with Crippen LogP contribution in [0.5, 0.6) is 5.75 Å². The van der Waals surface area contributed by atoms with Crippen molar-refractivity contribution in [3.05, 3.63) is 36.4 Å². The van der Waals surface area contributed by atoms with Gasteiger partial charge >= 0.3 is 15.6 Å². The van der Waals surface area contributed by atoms with Crippen LogP contribution in [0.4, 0.5) is 13.2 Å². The highest BCUT2D eigenvalue weighted by molar-refractivity contribution is 7.88. The molecule has 0 unspecified atom stereocenters. The Morgan fingerprint density at radius 3 is 2.31 bits per heavy atom. The molecule has 0 N–H and O–H groups in total. The molecule has 0 heterocycles.